The lowest BCUT2D eigenvalue weighted by atomic mass is 10.0. The van der Waals surface area contributed by atoms with Crippen LogP contribution in [0.3, 0.4) is 0 Å². The lowest BCUT2D eigenvalue weighted by Gasteiger charge is -2.09. The number of carbonyl (C=O) groups is 1. The Balaban J connectivity index is 3.07. The van der Waals surface area contributed by atoms with Gasteiger partial charge < -0.3 is 0 Å². The zero-order valence-corrected chi connectivity index (χ0v) is 9.99. The summed E-state index contributed by atoms with van der Waals surface area (Å²) in [7, 11) is 0. The van der Waals surface area contributed by atoms with Crippen molar-refractivity contribution < 1.29 is 13.6 Å². The van der Waals surface area contributed by atoms with Crippen LogP contribution in [-0.4, -0.2) is 11.7 Å². The highest BCUT2D eigenvalue weighted by Crippen LogP contribution is 2.29. The second-order valence-corrected chi connectivity index (χ2v) is 4.08. The summed E-state index contributed by atoms with van der Waals surface area (Å²) >= 11 is 8.48. The molecule has 0 bridgehead atoms. The fraction of sp³-hybridized carbons (Fsp3) is 0.300. The summed E-state index contributed by atoms with van der Waals surface area (Å²) in [5.41, 5.74) is 0.195. The van der Waals surface area contributed by atoms with Gasteiger partial charge in [0, 0.05) is 16.5 Å². The molecule has 0 unspecified atom stereocenters. The van der Waals surface area contributed by atoms with E-state index in [2.05, 4.69) is 15.9 Å². The van der Waals surface area contributed by atoms with Gasteiger partial charge in [0.05, 0.1) is 5.88 Å². The molecule has 1 nitrogen and oxygen atoms in total. The van der Waals surface area contributed by atoms with E-state index in [1.165, 1.54) is 12.1 Å². The van der Waals surface area contributed by atoms with Gasteiger partial charge in [-0.15, -0.1) is 11.6 Å². The van der Waals surface area contributed by atoms with Gasteiger partial charge >= 0.3 is 0 Å². The maximum absolute atomic E-state index is 12.6. The van der Waals surface area contributed by atoms with E-state index in [0.29, 0.717) is 10.0 Å². The molecule has 0 aromatic heterocycles. The summed E-state index contributed by atoms with van der Waals surface area (Å²) in [6.07, 6.45) is -2.65. The fourth-order valence-electron chi connectivity index (χ4n) is 1.21. The SMILES string of the molecule is O=C(CCl)Cc1c(Br)cccc1C(F)F. The van der Waals surface area contributed by atoms with Crippen molar-refractivity contribution in [2.24, 2.45) is 0 Å². The van der Waals surface area contributed by atoms with E-state index in [1.54, 1.807) is 6.07 Å². The molecule has 1 aromatic rings. The summed E-state index contributed by atoms with van der Waals surface area (Å²) < 4.78 is 25.7. The van der Waals surface area contributed by atoms with E-state index in [-0.39, 0.29) is 23.6 Å². The molecule has 5 heteroatoms. The molecule has 0 aliphatic carbocycles. The smallest absolute Gasteiger partial charge is 0.264 e. The Morgan fingerprint density at radius 3 is 2.67 bits per heavy atom. The zero-order valence-electron chi connectivity index (χ0n) is 7.64. The maximum atomic E-state index is 12.6. The van der Waals surface area contributed by atoms with Gasteiger partial charge in [-0.2, -0.15) is 0 Å². The van der Waals surface area contributed by atoms with E-state index in [0.717, 1.165) is 0 Å². The quantitative estimate of drug-likeness (QED) is 0.774. The third-order valence-corrected chi connectivity index (χ3v) is 2.95. The van der Waals surface area contributed by atoms with Gasteiger partial charge in [-0.1, -0.05) is 28.1 Å². The van der Waals surface area contributed by atoms with Gasteiger partial charge in [-0.25, -0.2) is 8.78 Å². The first-order valence-electron chi connectivity index (χ1n) is 4.19. The van der Waals surface area contributed by atoms with Crippen LogP contribution in [0.1, 0.15) is 17.6 Å². The highest BCUT2D eigenvalue weighted by Gasteiger charge is 2.16. The Morgan fingerprint density at radius 1 is 1.47 bits per heavy atom. The van der Waals surface area contributed by atoms with Crippen LogP contribution in [0, 0.1) is 0 Å². The summed E-state index contributed by atoms with van der Waals surface area (Å²) in [6, 6.07) is 4.45. The number of hydrogen-bond acceptors (Lipinski definition) is 1. The van der Waals surface area contributed by atoms with Crippen LogP contribution < -0.4 is 0 Å². The normalized spacial score (nSPS) is 10.7. The number of Topliss-reactive ketones (excluding diaryl/α,β-unsaturated/α-hetero) is 1. The molecule has 0 heterocycles. The zero-order chi connectivity index (χ0) is 11.4. The van der Waals surface area contributed by atoms with Gasteiger partial charge in [0.15, 0.2) is 5.78 Å². The highest BCUT2D eigenvalue weighted by atomic mass is 79.9. The van der Waals surface area contributed by atoms with Crippen LogP contribution in [0.2, 0.25) is 0 Å². The topological polar surface area (TPSA) is 17.1 Å². The van der Waals surface area contributed by atoms with Crippen LogP contribution in [0.25, 0.3) is 0 Å². The highest BCUT2D eigenvalue weighted by molar-refractivity contribution is 9.10. The molecule has 0 fully saturated rings. The van der Waals surface area contributed by atoms with Crippen LogP contribution in [0.4, 0.5) is 8.78 Å². The van der Waals surface area contributed by atoms with Crippen molar-refractivity contribution in [3.63, 3.8) is 0 Å². The van der Waals surface area contributed by atoms with Gasteiger partial charge in [0.2, 0.25) is 0 Å². The molecule has 15 heavy (non-hydrogen) atoms. The van der Waals surface area contributed by atoms with Crippen molar-refractivity contribution in [2.75, 3.05) is 5.88 Å². The summed E-state index contributed by atoms with van der Waals surface area (Å²) in [5, 5.41) is 0. The summed E-state index contributed by atoms with van der Waals surface area (Å²) in [6.45, 7) is 0. The van der Waals surface area contributed by atoms with E-state index < -0.39 is 6.43 Å². The molecule has 1 rings (SSSR count). The van der Waals surface area contributed by atoms with Gasteiger partial charge in [-0.3, -0.25) is 4.79 Å². The van der Waals surface area contributed by atoms with Crippen molar-refractivity contribution in [3.05, 3.63) is 33.8 Å². The average Bonchev–Trinajstić information content (AvgIpc) is 2.20. The van der Waals surface area contributed by atoms with Crippen molar-refractivity contribution in [3.8, 4) is 0 Å². The second kappa shape index (κ2) is 5.56. The minimum atomic E-state index is -2.58. The van der Waals surface area contributed by atoms with Crippen LogP contribution in [0.15, 0.2) is 22.7 Å². The standard InChI is InChI=1S/C10H8BrClF2O/c11-9-3-1-2-7(10(13)14)8(9)4-6(15)5-12/h1-3,10H,4-5H2. The second-order valence-electron chi connectivity index (χ2n) is 2.96. The molecule has 0 aliphatic heterocycles. The molecule has 0 N–H and O–H groups in total. The van der Waals surface area contributed by atoms with Gasteiger partial charge in [0.25, 0.3) is 6.43 Å². The van der Waals surface area contributed by atoms with E-state index >= 15 is 0 Å². The lowest BCUT2D eigenvalue weighted by Crippen LogP contribution is -2.07. The molecule has 0 radical (unpaired) electrons. The molecule has 0 saturated carbocycles. The number of rotatable bonds is 4. The molecular formula is C10H8BrClF2O. The predicted molar refractivity (Wildman–Crippen MR) is 58.5 cm³/mol. The third kappa shape index (κ3) is 3.24. The van der Waals surface area contributed by atoms with Crippen LogP contribution >= 0.6 is 27.5 Å². The van der Waals surface area contributed by atoms with E-state index in [4.69, 9.17) is 11.6 Å². The third-order valence-electron chi connectivity index (χ3n) is 1.91. The largest absolute Gasteiger partial charge is 0.298 e. The Kier molecular flexibility index (Phi) is 4.67. The Hall–Kier alpha value is -0.480. The van der Waals surface area contributed by atoms with Crippen molar-refractivity contribution >= 4 is 33.3 Å². The number of alkyl halides is 3. The first-order chi connectivity index (χ1) is 7.06. The Bertz CT molecular complexity index is 368. The number of benzene rings is 1. The molecule has 0 amide bonds. The Labute approximate surface area is 99.6 Å². The number of carbonyl (C=O) groups excluding carboxylic acids is 1. The fourth-order valence-corrected chi connectivity index (χ4v) is 1.83. The number of hydrogen-bond donors (Lipinski definition) is 0. The number of ketones is 1. The molecule has 0 atom stereocenters. The van der Waals surface area contributed by atoms with Gasteiger partial charge in [-0.05, 0) is 11.6 Å². The van der Waals surface area contributed by atoms with Crippen molar-refractivity contribution in [1.82, 2.24) is 0 Å². The lowest BCUT2D eigenvalue weighted by molar-refractivity contribution is -0.116. The molecule has 0 aliphatic rings. The first kappa shape index (κ1) is 12.6. The minimum absolute atomic E-state index is 0.0649. The predicted octanol–water partition coefficient (Wildman–Crippen LogP) is 3.74. The molecule has 0 saturated heterocycles. The minimum Gasteiger partial charge on any atom is -0.298 e. The van der Waals surface area contributed by atoms with Crippen molar-refractivity contribution in [1.29, 1.82) is 0 Å². The first-order valence-corrected chi connectivity index (χ1v) is 5.52. The van der Waals surface area contributed by atoms with E-state index in [1.807, 2.05) is 0 Å². The van der Waals surface area contributed by atoms with Crippen LogP contribution in [-0.2, 0) is 11.2 Å². The molecular weight excluding hydrogens is 289 g/mol. The Morgan fingerprint density at radius 2 is 2.13 bits per heavy atom. The summed E-state index contributed by atoms with van der Waals surface area (Å²) in [5.74, 6) is -0.435. The molecule has 82 valence electrons. The molecule has 0 spiro atoms. The maximum Gasteiger partial charge on any atom is 0.264 e. The number of halogens is 4. The average molecular weight is 298 g/mol. The van der Waals surface area contributed by atoms with Crippen molar-refractivity contribution in [2.45, 2.75) is 12.8 Å². The van der Waals surface area contributed by atoms with Gasteiger partial charge in [0.1, 0.15) is 0 Å². The van der Waals surface area contributed by atoms with E-state index in [9.17, 15) is 13.6 Å². The molecule has 1 aromatic carbocycles. The summed E-state index contributed by atoms with van der Waals surface area (Å²) in [4.78, 5) is 11.1. The van der Waals surface area contributed by atoms with Crippen LogP contribution in [0.5, 0.6) is 0 Å². The monoisotopic (exact) mass is 296 g/mol.